The van der Waals surface area contributed by atoms with Gasteiger partial charge in [-0.05, 0) is 0 Å². The zero-order chi connectivity index (χ0) is 13.1. The first kappa shape index (κ1) is 12.5. The van der Waals surface area contributed by atoms with Crippen molar-refractivity contribution in [2.24, 2.45) is 0 Å². The van der Waals surface area contributed by atoms with Gasteiger partial charge in [-0.2, -0.15) is 0 Å². The number of carbonyl (C=O) groups is 2. The van der Waals surface area contributed by atoms with E-state index in [9.17, 15) is 9.59 Å². The van der Waals surface area contributed by atoms with E-state index < -0.39 is 24.5 Å². The third kappa shape index (κ3) is 2.66. The fourth-order valence-electron chi connectivity index (χ4n) is 1.46. The van der Waals surface area contributed by atoms with Crippen LogP contribution < -0.4 is 5.32 Å². The average molecular weight is 269 g/mol. The summed E-state index contributed by atoms with van der Waals surface area (Å²) in [5.74, 6) is -1.75. The van der Waals surface area contributed by atoms with E-state index in [2.05, 4.69) is 10.3 Å². The molecule has 18 heavy (non-hydrogen) atoms. The molecule has 2 heterocycles. The number of carboxylic acid groups (broad SMARTS) is 1. The van der Waals surface area contributed by atoms with E-state index in [0.29, 0.717) is 5.69 Å². The summed E-state index contributed by atoms with van der Waals surface area (Å²) in [6.45, 7) is -0.640. The lowest BCUT2D eigenvalue weighted by Crippen LogP contribution is -2.43. The molecule has 0 aliphatic carbocycles. The Kier molecular flexibility index (Phi) is 3.58. The number of nitrogens with zero attached hydrogens (tertiary/aromatic N) is 2. The summed E-state index contributed by atoms with van der Waals surface area (Å²) in [6, 6.07) is -1.28. The molecule has 2 aromatic heterocycles. The van der Waals surface area contributed by atoms with Gasteiger partial charge in [-0.1, -0.05) is 0 Å². The van der Waals surface area contributed by atoms with Crippen LogP contribution in [0, 0.1) is 0 Å². The molecule has 1 amide bonds. The zero-order valence-electron chi connectivity index (χ0n) is 9.24. The number of fused-ring (bicyclic) bond motifs is 1. The summed E-state index contributed by atoms with van der Waals surface area (Å²) in [6.07, 6.45) is 3.51. The number of aliphatic hydroxyl groups is 1. The van der Waals surface area contributed by atoms with Crippen molar-refractivity contribution in [2.75, 3.05) is 6.61 Å². The number of amides is 1. The lowest BCUT2D eigenvalue weighted by Gasteiger charge is -2.10. The Morgan fingerprint density at radius 1 is 1.56 bits per heavy atom. The maximum atomic E-state index is 11.6. The highest BCUT2D eigenvalue weighted by Gasteiger charge is 2.19. The summed E-state index contributed by atoms with van der Waals surface area (Å²) in [7, 11) is 0. The highest BCUT2D eigenvalue weighted by Crippen LogP contribution is 2.11. The number of hydrogen-bond donors (Lipinski definition) is 3. The van der Waals surface area contributed by atoms with Crippen LogP contribution in [0.5, 0.6) is 0 Å². The summed E-state index contributed by atoms with van der Waals surface area (Å²) < 4.78 is 1.79. The van der Waals surface area contributed by atoms with E-state index in [1.165, 1.54) is 11.3 Å². The molecule has 0 saturated heterocycles. The number of hydrogen-bond acceptors (Lipinski definition) is 5. The van der Waals surface area contributed by atoms with Gasteiger partial charge in [0.1, 0.15) is 6.04 Å². The molecule has 0 radical (unpaired) electrons. The molecule has 0 aliphatic heterocycles. The van der Waals surface area contributed by atoms with Gasteiger partial charge in [0.2, 0.25) is 5.91 Å². The summed E-state index contributed by atoms with van der Waals surface area (Å²) in [5.41, 5.74) is 0.557. The summed E-state index contributed by atoms with van der Waals surface area (Å²) in [5, 5.41) is 21.5. The lowest BCUT2D eigenvalue weighted by atomic mass is 10.2. The zero-order valence-corrected chi connectivity index (χ0v) is 10.1. The van der Waals surface area contributed by atoms with Crippen molar-refractivity contribution >= 4 is 28.2 Å². The molecule has 1 atom stereocenters. The van der Waals surface area contributed by atoms with Crippen molar-refractivity contribution in [3.05, 3.63) is 23.5 Å². The Bertz CT molecular complexity index is 548. The molecule has 7 nitrogen and oxygen atoms in total. The number of aromatic nitrogens is 2. The maximum absolute atomic E-state index is 11.6. The molecule has 0 saturated carbocycles. The predicted octanol–water partition coefficient (Wildman–Crippen LogP) is -0.500. The molecule has 0 bridgehead atoms. The Morgan fingerprint density at radius 3 is 2.94 bits per heavy atom. The normalized spacial score (nSPS) is 12.5. The molecular formula is C10H11N3O4S. The Balaban J connectivity index is 1.99. The first-order chi connectivity index (χ1) is 8.60. The second kappa shape index (κ2) is 5.15. The number of rotatable bonds is 5. The van der Waals surface area contributed by atoms with E-state index in [1.54, 1.807) is 10.6 Å². The number of imidazole rings is 1. The minimum absolute atomic E-state index is 0.0157. The molecule has 0 aromatic carbocycles. The van der Waals surface area contributed by atoms with Crippen LogP contribution in [0.1, 0.15) is 5.69 Å². The SMILES string of the molecule is O=C(Cc1cn2ccsc2n1)NC(CO)C(=O)O. The lowest BCUT2D eigenvalue weighted by molar-refractivity contribution is -0.142. The van der Waals surface area contributed by atoms with Gasteiger partial charge in [-0.15, -0.1) is 11.3 Å². The van der Waals surface area contributed by atoms with Gasteiger partial charge in [0, 0.05) is 17.8 Å². The van der Waals surface area contributed by atoms with Crippen molar-refractivity contribution < 1.29 is 19.8 Å². The number of aliphatic carboxylic acids is 1. The van der Waals surface area contributed by atoms with Crippen LogP contribution >= 0.6 is 11.3 Å². The van der Waals surface area contributed by atoms with E-state index in [-0.39, 0.29) is 6.42 Å². The van der Waals surface area contributed by atoms with Gasteiger partial charge in [0.25, 0.3) is 0 Å². The quantitative estimate of drug-likeness (QED) is 0.679. The standard InChI is InChI=1S/C10H11N3O4S/c14-5-7(9(16)17)12-8(15)3-6-4-13-1-2-18-10(13)11-6/h1-2,4,7,14H,3,5H2,(H,12,15)(H,16,17). The first-order valence-corrected chi connectivity index (χ1v) is 6.02. The van der Waals surface area contributed by atoms with Crippen molar-refractivity contribution in [3.8, 4) is 0 Å². The smallest absolute Gasteiger partial charge is 0.328 e. The second-order valence-electron chi connectivity index (χ2n) is 3.64. The van der Waals surface area contributed by atoms with E-state index in [1.807, 2.05) is 11.6 Å². The fourth-order valence-corrected chi connectivity index (χ4v) is 2.18. The highest BCUT2D eigenvalue weighted by atomic mass is 32.1. The van der Waals surface area contributed by atoms with Crippen LogP contribution in [0.15, 0.2) is 17.8 Å². The number of thiazole rings is 1. The number of carboxylic acids is 1. The predicted molar refractivity (Wildman–Crippen MR) is 63.4 cm³/mol. The molecule has 0 fully saturated rings. The first-order valence-electron chi connectivity index (χ1n) is 5.14. The van der Waals surface area contributed by atoms with Gasteiger partial charge in [-0.25, -0.2) is 9.78 Å². The van der Waals surface area contributed by atoms with Crippen molar-refractivity contribution in [2.45, 2.75) is 12.5 Å². The summed E-state index contributed by atoms with van der Waals surface area (Å²) >= 11 is 1.44. The second-order valence-corrected chi connectivity index (χ2v) is 4.52. The maximum Gasteiger partial charge on any atom is 0.328 e. The van der Waals surface area contributed by atoms with Crippen LogP contribution in [0.3, 0.4) is 0 Å². The average Bonchev–Trinajstić information content (AvgIpc) is 2.85. The van der Waals surface area contributed by atoms with Gasteiger partial charge in [0.05, 0.1) is 18.7 Å². The Labute approximate surface area is 106 Å². The monoisotopic (exact) mass is 269 g/mol. The van der Waals surface area contributed by atoms with Crippen LogP contribution in [-0.2, 0) is 16.0 Å². The number of aliphatic hydroxyl groups excluding tert-OH is 1. The van der Waals surface area contributed by atoms with E-state index >= 15 is 0 Å². The van der Waals surface area contributed by atoms with Gasteiger partial charge in [0.15, 0.2) is 4.96 Å². The molecule has 3 N–H and O–H groups in total. The molecule has 96 valence electrons. The van der Waals surface area contributed by atoms with Gasteiger partial charge < -0.3 is 15.5 Å². The molecule has 2 aromatic rings. The van der Waals surface area contributed by atoms with E-state index in [0.717, 1.165) is 4.96 Å². The number of carbonyl (C=O) groups excluding carboxylic acids is 1. The minimum Gasteiger partial charge on any atom is -0.480 e. The fraction of sp³-hybridized carbons (Fsp3) is 0.300. The van der Waals surface area contributed by atoms with Crippen molar-refractivity contribution in [1.82, 2.24) is 14.7 Å². The molecule has 8 heteroatoms. The van der Waals surface area contributed by atoms with Crippen molar-refractivity contribution in [1.29, 1.82) is 0 Å². The topological polar surface area (TPSA) is 104 Å². The van der Waals surface area contributed by atoms with Crippen LogP contribution in [0.25, 0.3) is 4.96 Å². The molecular weight excluding hydrogens is 258 g/mol. The van der Waals surface area contributed by atoms with Crippen LogP contribution in [-0.4, -0.2) is 44.1 Å². The third-order valence-corrected chi connectivity index (χ3v) is 3.07. The van der Waals surface area contributed by atoms with Crippen molar-refractivity contribution in [3.63, 3.8) is 0 Å². The Morgan fingerprint density at radius 2 is 2.33 bits per heavy atom. The highest BCUT2D eigenvalue weighted by molar-refractivity contribution is 7.15. The number of nitrogens with one attached hydrogen (secondary N) is 1. The summed E-state index contributed by atoms with van der Waals surface area (Å²) in [4.78, 5) is 27.2. The Hall–Kier alpha value is -1.93. The molecule has 0 aliphatic rings. The molecule has 0 spiro atoms. The third-order valence-electron chi connectivity index (χ3n) is 2.30. The minimum atomic E-state index is -1.28. The molecule has 2 rings (SSSR count). The molecule has 1 unspecified atom stereocenters. The van der Waals surface area contributed by atoms with Gasteiger partial charge >= 0.3 is 5.97 Å². The van der Waals surface area contributed by atoms with Crippen LogP contribution in [0.2, 0.25) is 0 Å². The largest absolute Gasteiger partial charge is 0.480 e. The van der Waals surface area contributed by atoms with E-state index in [4.69, 9.17) is 10.2 Å². The van der Waals surface area contributed by atoms with Gasteiger partial charge in [-0.3, -0.25) is 9.20 Å². The van der Waals surface area contributed by atoms with Crippen LogP contribution in [0.4, 0.5) is 0 Å².